The van der Waals surface area contributed by atoms with E-state index in [4.69, 9.17) is 11.5 Å². The van der Waals surface area contributed by atoms with Gasteiger partial charge in [0.25, 0.3) is 30.4 Å². The van der Waals surface area contributed by atoms with Crippen molar-refractivity contribution < 1.29 is 81.4 Å². The Hall–Kier alpha value is -4.98. The van der Waals surface area contributed by atoms with Gasteiger partial charge in [-0.3, -0.25) is 13.7 Å². The maximum absolute atomic E-state index is 12.4. The van der Waals surface area contributed by atoms with Crippen molar-refractivity contribution >= 4 is 108 Å². The summed E-state index contributed by atoms with van der Waals surface area (Å²) in [5, 5.41) is 17.2. The molecule has 18 nitrogen and oxygen atoms in total. The minimum absolute atomic E-state index is 0. The van der Waals surface area contributed by atoms with Crippen LogP contribution in [0.5, 0.6) is 0 Å². The van der Waals surface area contributed by atoms with Crippen LogP contribution in [-0.4, -0.2) is 51.9 Å². The predicted molar refractivity (Wildman–Crippen MR) is 204 cm³/mol. The molecule has 0 bridgehead atoms. The molecule has 6 aromatic rings. The van der Waals surface area contributed by atoms with Gasteiger partial charge >= 0.3 is 29.6 Å². The number of rotatable bonds is 10. The third-order valence-corrected chi connectivity index (χ3v) is 11.6. The number of anilines is 2. The van der Waals surface area contributed by atoms with Crippen LogP contribution in [0.2, 0.25) is 0 Å². The number of azo groups is 2. The average molecular weight is 861 g/mol. The van der Waals surface area contributed by atoms with E-state index in [1.54, 1.807) is 0 Å². The van der Waals surface area contributed by atoms with Crippen LogP contribution in [0.25, 0.3) is 33.7 Å². The molecule has 0 amide bonds. The van der Waals surface area contributed by atoms with Crippen molar-refractivity contribution in [3.05, 3.63) is 108 Å². The molecule has 0 aromatic heterocycles. The molecule has 0 radical (unpaired) electrons. The largest absolute Gasteiger partial charge is 1.00 e. The minimum Gasteiger partial charge on any atom is -0.744 e. The monoisotopic (exact) mass is 860 g/mol. The first-order valence-electron chi connectivity index (χ1n) is 15.4. The molecule has 0 fully saturated rings. The molecule has 0 unspecified atom stereocenters. The summed E-state index contributed by atoms with van der Waals surface area (Å²) in [6, 6.07) is 19.8. The Labute approximate surface area is 347 Å². The second kappa shape index (κ2) is 16.1. The van der Waals surface area contributed by atoms with Gasteiger partial charge in [-0.15, -0.1) is 10.2 Å². The van der Waals surface area contributed by atoms with Crippen molar-refractivity contribution in [2.45, 2.75) is 19.6 Å². The number of nitrogens with zero attached hydrogens (tertiary/aromatic N) is 4. The predicted octanol–water partition coefficient (Wildman–Crippen LogP) is 3.81. The Morgan fingerprint density at radius 3 is 1.26 bits per heavy atom. The molecule has 0 aliphatic rings. The van der Waals surface area contributed by atoms with Crippen molar-refractivity contribution in [2.24, 2.45) is 20.5 Å². The molecule has 6 rings (SSSR count). The van der Waals surface area contributed by atoms with Gasteiger partial charge in [0, 0.05) is 32.9 Å². The van der Waals surface area contributed by atoms with E-state index >= 15 is 0 Å². The van der Waals surface area contributed by atoms with Crippen LogP contribution in [0.3, 0.4) is 0 Å². The topological polar surface area (TPSA) is 322 Å². The zero-order valence-electron chi connectivity index (χ0n) is 29.0. The normalized spacial score (nSPS) is 12.9. The Bertz CT molecular complexity index is 2960. The Morgan fingerprint density at radius 2 is 0.877 bits per heavy atom. The zero-order chi connectivity index (χ0) is 40.8. The fourth-order valence-corrected chi connectivity index (χ4v) is 7.87. The summed E-state index contributed by atoms with van der Waals surface area (Å²) >= 11 is 0. The van der Waals surface area contributed by atoms with Gasteiger partial charge in [0.05, 0.1) is 32.5 Å². The van der Waals surface area contributed by atoms with Gasteiger partial charge in [-0.2, -0.15) is 35.5 Å². The minimum atomic E-state index is -4.93. The molecule has 0 atom stereocenters. The summed E-state index contributed by atoms with van der Waals surface area (Å²) < 4.78 is 137. The molecule has 0 heterocycles. The van der Waals surface area contributed by atoms with E-state index in [9.17, 15) is 51.9 Å². The summed E-state index contributed by atoms with van der Waals surface area (Å²) in [7, 11) is -19.3. The number of benzene rings is 6. The van der Waals surface area contributed by atoms with Crippen LogP contribution in [0, 0.1) is 0 Å². The van der Waals surface area contributed by atoms with E-state index in [-0.39, 0.29) is 85.6 Å². The zero-order valence-corrected chi connectivity index (χ0v) is 34.3. The summed E-state index contributed by atoms with van der Waals surface area (Å²) in [6.07, 6.45) is 2.28. The molecule has 0 aliphatic heterocycles. The van der Waals surface area contributed by atoms with E-state index in [1.807, 2.05) is 0 Å². The summed E-state index contributed by atoms with van der Waals surface area (Å²) in [4.78, 5) is -2.31. The Kier molecular flexibility index (Phi) is 12.2. The third-order valence-electron chi connectivity index (χ3n) is 8.12. The molecule has 7 N–H and O–H groups in total. The fourth-order valence-electron chi connectivity index (χ4n) is 5.46. The van der Waals surface area contributed by atoms with Crippen molar-refractivity contribution in [1.82, 2.24) is 0 Å². The van der Waals surface area contributed by atoms with Crippen molar-refractivity contribution in [3.8, 4) is 0 Å². The molecule has 6 aromatic carbocycles. The number of nitrogen functional groups attached to an aromatic ring is 2. The van der Waals surface area contributed by atoms with E-state index in [0.29, 0.717) is 10.8 Å². The maximum atomic E-state index is 12.4. The first-order valence-corrected chi connectivity index (χ1v) is 21.1. The van der Waals surface area contributed by atoms with Crippen molar-refractivity contribution in [2.75, 3.05) is 11.5 Å². The molecular weight excluding hydrogens is 836 g/mol. The van der Waals surface area contributed by atoms with Crippen LogP contribution in [0.4, 0.5) is 34.1 Å². The van der Waals surface area contributed by atoms with Crippen LogP contribution in [0.1, 0.15) is 11.1 Å². The Morgan fingerprint density at radius 1 is 0.474 bits per heavy atom. The summed E-state index contributed by atoms with van der Waals surface area (Å²) in [5.74, 6) is 0. The molecule has 0 spiro atoms. The number of nitrogens with two attached hydrogens (primary N) is 2. The van der Waals surface area contributed by atoms with Crippen LogP contribution < -0.4 is 41.0 Å². The fraction of sp³-hybridized carbons (Fsp3) is 0. The molecule has 23 heteroatoms. The van der Waals surface area contributed by atoms with Gasteiger partial charge in [-0.05, 0) is 83.9 Å². The molecular formula is C34H25N6NaO12S4. The number of hydrogen-bond acceptors (Lipinski definition) is 15. The maximum Gasteiger partial charge on any atom is 1.00 e. The molecule has 57 heavy (non-hydrogen) atoms. The van der Waals surface area contributed by atoms with Crippen LogP contribution >= 0.6 is 0 Å². The van der Waals surface area contributed by atoms with E-state index < -0.39 is 60.1 Å². The second-order valence-corrected chi connectivity index (χ2v) is 17.4. The third kappa shape index (κ3) is 9.77. The van der Waals surface area contributed by atoms with Crippen LogP contribution in [0.15, 0.2) is 137 Å². The number of hydrogen-bond donors (Lipinski definition) is 5. The summed E-state index contributed by atoms with van der Waals surface area (Å²) in [6.45, 7) is 0. The molecule has 288 valence electrons. The van der Waals surface area contributed by atoms with Crippen LogP contribution in [-0.2, 0) is 40.5 Å². The average Bonchev–Trinajstić information content (AvgIpc) is 3.12. The van der Waals surface area contributed by atoms with Gasteiger partial charge < -0.3 is 16.0 Å². The van der Waals surface area contributed by atoms with Gasteiger partial charge in [0.15, 0.2) is 0 Å². The second-order valence-electron chi connectivity index (χ2n) is 11.8. The first-order chi connectivity index (χ1) is 26.1. The van der Waals surface area contributed by atoms with Gasteiger partial charge in [0.1, 0.15) is 19.9 Å². The van der Waals surface area contributed by atoms with E-state index in [0.717, 1.165) is 48.6 Å². The van der Waals surface area contributed by atoms with Gasteiger partial charge in [-0.1, -0.05) is 36.4 Å². The van der Waals surface area contributed by atoms with E-state index in [1.165, 1.54) is 60.7 Å². The smallest absolute Gasteiger partial charge is 0.744 e. The van der Waals surface area contributed by atoms with Crippen molar-refractivity contribution in [3.63, 3.8) is 0 Å². The first kappa shape index (κ1) is 43.1. The quantitative estimate of drug-likeness (QED) is 0.0430. The van der Waals surface area contributed by atoms with Gasteiger partial charge in [-0.25, -0.2) is 8.42 Å². The molecule has 0 aliphatic carbocycles. The van der Waals surface area contributed by atoms with Crippen molar-refractivity contribution in [1.29, 1.82) is 0 Å². The standard InChI is InChI=1S/C34H26N6O12S4.Na/c35-29-11-13-31(27-17-23(53(41,42)43)7-9-25(27)29)39-37-21-5-3-19(33(15-21)55(47,48)49)1-2-20-4-6-22(16-34(20)56(50,51)52)38-40-32-14-12-30(36)26-10-8-24(18-28(26)32)54(44,45)46;/h1-18H,35-36H2,(H,41,42,43)(H,44,45,46)(H,47,48,49)(H,50,51,52);/q;+1/p-1/b2-1+,39-37?,40-38?;. The van der Waals surface area contributed by atoms with Gasteiger partial charge in [0.2, 0.25) is 0 Å². The summed E-state index contributed by atoms with van der Waals surface area (Å²) in [5.41, 5.74) is 12.2. The Balaban J connectivity index is 0.00000620. The SMILES string of the molecule is Nc1ccc(N=Nc2ccc(/C=C/c3ccc(N=Nc4ccc(N)c5ccc(S(=O)(=O)O)cc45)cc3S(=O)(=O)O)c(S(=O)(=O)O)c2)c2cc(S(=O)(=O)[O-])ccc12.[Na+]. The number of fused-ring (bicyclic) bond motifs is 2. The van der Waals surface area contributed by atoms with E-state index in [2.05, 4.69) is 20.5 Å². The molecule has 0 saturated heterocycles. The molecule has 0 saturated carbocycles.